The van der Waals surface area contributed by atoms with Gasteiger partial charge in [0, 0.05) is 13.1 Å². The van der Waals surface area contributed by atoms with Gasteiger partial charge in [0.1, 0.15) is 0 Å². The van der Waals surface area contributed by atoms with Crippen LogP contribution in [-0.2, 0) is 4.79 Å². The first-order valence-corrected chi connectivity index (χ1v) is 7.55. The number of carbonyl (C=O) groups excluding carboxylic acids is 2. The number of likely N-dealkylation sites (tertiary alicyclic amines) is 1. The lowest BCUT2D eigenvalue weighted by atomic mass is 10.0. The predicted octanol–water partition coefficient (Wildman–Crippen LogP) is 2.19. The van der Waals surface area contributed by atoms with Gasteiger partial charge in [-0.15, -0.1) is 0 Å². The topological polar surface area (TPSA) is 75.4 Å². The van der Waals surface area contributed by atoms with Gasteiger partial charge < -0.3 is 16.0 Å². The molecule has 3 amide bonds. The second-order valence-electron chi connectivity index (χ2n) is 5.47. The van der Waals surface area contributed by atoms with Crippen LogP contribution in [0.4, 0.5) is 4.79 Å². The van der Waals surface area contributed by atoms with Gasteiger partial charge in [-0.25, -0.2) is 4.79 Å². The van der Waals surface area contributed by atoms with E-state index >= 15 is 0 Å². The Bertz CT molecular complexity index is 468. The number of hydrogen-bond acceptors (Lipinski definition) is 2. The van der Waals surface area contributed by atoms with Crippen molar-refractivity contribution in [3.05, 3.63) is 35.9 Å². The highest BCUT2D eigenvalue weighted by atomic mass is 16.2. The molecule has 1 fully saturated rings. The number of nitrogens with zero attached hydrogens (tertiary/aromatic N) is 1. The number of amides is 3. The Kier molecular flexibility index (Phi) is 5.60. The van der Waals surface area contributed by atoms with Crippen molar-refractivity contribution in [2.75, 3.05) is 13.1 Å². The average molecular weight is 289 g/mol. The molecule has 0 radical (unpaired) electrons. The Labute approximate surface area is 125 Å². The second-order valence-corrected chi connectivity index (χ2v) is 5.47. The van der Waals surface area contributed by atoms with E-state index in [4.69, 9.17) is 5.73 Å². The molecule has 1 aliphatic rings. The Morgan fingerprint density at radius 3 is 2.29 bits per heavy atom. The number of hydrogen-bond donors (Lipinski definition) is 2. The zero-order valence-electron chi connectivity index (χ0n) is 12.3. The third kappa shape index (κ3) is 4.77. The number of carbonyl (C=O) groups is 2. The van der Waals surface area contributed by atoms with Crippen molar-refractivity contribution in [2.24, 2.45) is 5.73 Å². The molecule has 1 atom stereocenters. The SMILES string of the molecule is NC(=O)N[C@H](CC(=O)N1CCCCCC1)c1ccccc1. The molecular weight excluding hydrogens is 266 g/mol. The average Bonchev–Trinajstić information content (AvgIpc) is 2.76. The second kappa shape index (κ2) is 7.67. The van der Waals surface area contributed by atoms with E-state index in [9.17, 15) is 9.59 Å². The summed E-state index contributed by atoms with van der Waals surface area (Å²) in [6, 6.07) is 8.52. The Morgan fingerprint density at radius 1 is 1.10 bits per heavy atom. The molecule has 0 saturated carbocycles. The van der Waals surface area contributed by atoms with Crippen LogP contribution in [0.25, 0.3) is 0 Å². The smallest absolute Gasteiger partial charge is 0.312 e. The first-order chi connectivity index (χ1) is 10.2. The maximum Gasteiger partial charge on any atom is 0.312 e. The minimum absolute atomic E-state index is 0.0829. The van der Waals surface area contributed by atoms with E-state index in [1.165, 1.54) is 12.8 Å². The maximum absolute atomic E-state index is 12.4. The van der Waals surface area contributed by atoms with Crippen LogP contribution >= 0.6 is 0 Å². The van der Waals surface area contributed by atoms with E-state index < -0.39 is 6.03 Å². The van der Waals surface area contributed by atoms with Gasteiger partial charge in [0.2, 0.25) is 5.91 Å². The molecule has 1 aliphatic heterocycles. The standard InChI is InChI=1S/C16H23N3O2/c17-16(21)18-14(13-8-4-3-5-9-13)12-15(20)19-10-6-1-2-7-11-19/h3-5,8-9,14H,1-2,6-7,10-12H2,(H3,17,18,21)/t14-/m1/s1. The van der Waals surface area contributed by atoms with Gasteiger partial charge in [-0.3, -0.25) is 4.79 Å². The summed E-state index contributed by atoms with van der Waals surface area (Å²) in [5.41, 5.74) is 6.14. The number of nitrogens with two attached hydrogens (primary N) is 1. The summed E-state index contributed by atoms with van der Waals surface area (Å²) in [5, 5.41) is 2.67. The highest BCUT2D eigenvalue weighted by Gasteiger charge is 2.22. The van der Waals surface area contributed by atoms with E-state index in [1.54, 1.807) is 0 Å². The molecule has 114 valence electrons. The summed E-state index contributed by atoms with van der Waals surface area (Å²) in [5.74, 6) is 0.0829. The van der Waals surface area contributed by atoms with Gasteiger partial charge in [-0.1, -0.05) is 43.2 Å². The minimum Gasteiger partial charge on any atom is -0.352 e. The van der Waals surface area contributed by atoms with Gasteiger partial charge >= 0.3 is 6.03 Å². The summed E-state index contributed by atoms with van der Waals surface area (Å²) >= 11 is 0. The van der Waals surface area contributed by atoms with Crippen LogP contribution in [0, 0.1) is 0 Å². The molecule has 0 aliphatic carbocycles. The summed E-state index contributed by atoms with van der Waals surface area (Å²) in [6.07, 6.45) is 4.75. The van der Waals surface area contributed by atoms with Gasteiger partial charge in [-0.2, -0.15) is 0 Å². The van der Waals surface area contributed by atoms with E-state index in [0.29, 0.717) is 0 Å². The molecule has 3 N–H and O–H groups in total. The van der Waals surface area contributed by atoms with Crippen molar-refractivity contribution >= 4 is 11.9 Å². The first-order valence-electron chi connectivity index (χ1n) is 7.55. The van der Waals surface area contributed by atoms with E-state index in [-0.39, 0.29) is 18.4 Å². The number of benzene rings is 1. The van der Waals surface area contributed by atoms with Crippen LogP contribution in [0.1, 0.15) is 43.7 Å². The first kappa shape index (κ1) is 15.4. The van der Waals surface area contributed by atoms with Crippen LogP contribution in [-0.4, -0.2) is 29.9 Å². The lowest BCUT2D eigenvalue weighted by molar-refractivity contribution is -0.131. The molecule has 5 heteroatoms. The largest absolute Gasteiger partial charge is 0.352 e. The van der Waals surface area contributed by atoms with Crippen molar-refractivity contribution in [2.45, 2.75) is 38.1 Å². The zero-order chi connectivity index (χ0) is 15.1. The van der Waals surface area contributed by atoms with Gasteiger partial charge in [0.15, 0.2) is 0 Å². The van der Waals surface area contributed by atoms with E-state index in [0.717, 1.165) is 31.5 Å². The molecule has 21 heavy (non-hydrogen) atoms. The van der Waals surface area contributed by atoms with E-state index in [1.807, 2.05) is 35.2 Å². The lowest BCUT2D eigenvalue weighted by Gasteiger charge is -2.24. The quantitative estimate of drug-likeness (QED) is 0.891. The van der Waals surface area contributed by atoms with Crippen molar-refractivity contribution < 1.29 is 9.59 Å². The number of nitrogens with one attached hydrogen (secondary N) is 1. The van der Waals surface area contributed by atoms with Crippen LogP contribution in [0.15, 0.2) is 30.3 Å². The number of primary amides is 1. The van der Waals surface area contributed by atoms with Crippen LogP contribution < -0.4 is 11.1 Å². The van der Waals surface area contributed by atoms with Crippen LogP contribution in [0.2, 0.25) is 0 Å². The lowest BCUT2D eigenvalue weighted by Crippen LogP contribution is -2.38. The monoisotopic (exact) mass is 289 g/mol. The van der Waals surface area contributed by atoms with Gasteiger partial charge in [0.05, 0.1) is 12.5 Å². The zero-order valence-corrected chi connectivity index (χ0v) is 12.3. The summed E-state index contributed by atoms with van der Waals surface area (Å²) in [4.78, 5) is 25.5. The van der Waals surface area contributed by atoms with Crippen molar-refractivity contribution in [1.82, 2.24) is 10.2 Å². The predicted molar refractivity (Wildman–Crippen MR) is 81.6 cm³/mol. The molecule has 2 rings (SSSR count). The van der Waals surface area contributed by atoms with Crippen molar-refractivity contribution in [3.63, 3.8) is 0 Å². The molecule has 1 heterocycles. The Morgan fingerprint density at radius 2 is 1.71 bits per heavy atom. The maximum atomic E-state index is 12.4. The number of rotatable bonds is 4. The molecule has 1 aromatic rings. The Hall–Kier alpha value is -2.04. The molecule has 5 nitrogen and oxygen atoms in total. The normalized spacial score (nSPS) is 16.9. The molecule has 0 spiro atoms. The van der Waals surface area contributed by atoms with Crippen LogP contribution in [0.5, 0.6) is 0 Å². The van der Waals surface area contributed by atoms with Crippen LogP contribution in [0.3, 0.4) is 0 Å². The van der Waals surface area contributed by atoms with Crippen molar-refractivity contribution in [1.29, 1.82) is 0 Å². The van der Waals surface area contributed by atoms with Crippen molar-refractivity contribution in [3.8, 4) is 0 Å². The molecule has 1 saturated heterocycles. The third-order valence-corrected chi connectivity index (χ3v) is 3.86. The van der Waals surface area contributed by atoms with Gasteiger partial charge in [0.25, 0.3) is 0 Å². The fourth-order valence-corrected chi connectivity index (χ4v) is 2.73. The third-order valence-electron chi connectivity index (χ3n) is 3.86. The summed E-state index contributed by atoms with van der Waals surface area (Å²) < 4.78 is 0. The van der Waals surface area contributed by atoms with E-state index in [2.05, 4.69) is 5.32 Å². The molecular formula is C16H23N3O2. The molecule has 0 unspecified atom stereocenters. The molecule has 1 aromatic carbocycles. The fourth-order valence-electron chi connectivity index (χ4n) is 2.73. The van der Waals surface area contributed by atoms with Gasteiger partial charge in [-0.05, 0) is 18.4 Å². The highest BCUT2D eigenvalue weighted by molar-refractivity contribution is 5.79. The molecule has 0 bridgehead atoms. The minimum atomic E-state index is -0.604. The highest BCUT2D eigenvalue weighted by Crippen LogP contribution is 2.19. The summed E-state index contributed by atoms with van der Waals surface area (Å²) in [6.45, 7) is 1.63. The summed E-state index contributed by atoms with van der Waals surface area (Å²) in [7, 11) is 0. The molecule has 0 aromatic heterocycles. The number of urea groups is 1. The fraction of sp³-hybridized carbons (Fsp3) is 0.500. The Balaban J connectivity index is 2.03.